The minimum absolute atomic E-state index is 0.0679. The third-order valence-corrected chi connectivity index (χ3v) is 4.32. The average molecular weight is 270 g/mol. The van der Waals surface area contributed by atoms with E-state index in [2.05, 4.69) is 16.5 Å². The summed E-state index contributed by atoms with van der Waals surface area (Å²) in [6.45, 7) is 4.82. The smallest absolute Gasteiger partial charge is 0.189 e. The number of aryl methyl sites for hydroxylation is 2. The Morgan fingerprint density at radius 1 is 1.21 bits per heavy atom. The maximum absolute atomic E-state index is 11.8. The highest BCUT2D eigenvalue weighted by Gasteiger charge is 2.06. The molecule has 4 heteroatoms. The van der Waals surface area contributed by atoms with Gasteiger partial charge in [-0.3, -0.25) is 4.79 Å². The van der Waals surface area contributed by atoms with E-state index < -0.39 is 0 Å². The number of fused-ring (bicyclic) bond motifs is 1. The quantitative estimate of drug-likeness (QED) is 0.717. The highest BCUT2D eigenvalue weighted by molar-refractivity contribution is 7.11. The van der Waals surface area contributed by atoms with Gasteiger partial charge < -0.3 is 4.57 Å². The van der Waals surface area contributed by atoms with Crippen LogP contribution in [0.1, 0.15) is 15.6 Å². The van der Waals surface area contributed by atoms with Crippen molar-refractivity contribution in [3.8, 4) is 0 Å². The van der Waals surface area contributed by atoms with Gasteiger partial charge in [-0.2, -0.15) is 0 Å². The lowest BCUT2D eigenvalue weighted by Crippen LogP contribution is -2.08. The second kappa shape index (κ2) is 4.63. The number of pyridine rings is 1. The van der Waals surface area contributed by atoms with Crippen molar-refractivity contribution in [1.82, 2.24) is 9.55 Å². The lowest BCUT2D eigenvalue weighted by molar-refractivity contribution is 0.814. The number of aromatic nitrogens is 2. The molecular formula is C15H14N2OS. The van der Waals surface area contributed by atoms with Gasteiger partial charge in [-0.1, -0.05) is 12.1 Å². The molecule has 19 heavy (non-hydrogen) atoms. The molecule has 0 spiro atoms. The van der Waals surface area contributed by atoms with Gasteiger partial charge in [-0.15, -0.1) is 11.3 Å². The van der Waals surface area contributed by atoms with Crippen molar-refractivity contribution in [1.29, 1.82) is 0 Å². The summed E-state index contributed by atoms with van der Waals surface area (Å²) in [5.41, 5.74) is 2.12. The zero-order valence-corrected chi connectivity index (χ0v) is 11.7. The molecule has 0 aliphatic carbocycles. The van der Waals surface area contributed by atoms with Gasteiger partial charge in [0.15, 0.2) is 5.43 Å². The molecule has 0 amide bonds. The molecule has 0 bridgehead atoms. The van der Waals surface area contributed by atoms with E-state index in [0.717, 1.165) is 21.6 Å². The van der Waals surface area contributed by atoms with Crippen LogP contribution in [0.25, 0.3) is 10.9 Å². The van der Waals surface area contributed by atoms with Gasteiger partial charge in [-0.05, 0) is 26.0 Å². The van der Waals surface area contributed by atoms with E-state index in [0.29, 0.717) is 6.54 Å². The summed E-state index contributed by atoms with van der Waals surface area (Å²) in [5.74, 6) is 0. The van der Waals surface area contributed by atoms with Crippen molar-refractivity contribution in [3.05, 3.63) is 62.3 Å². The predicted octanol–water partition coefficient (Wildman–Crippen LogP) is 3.12. The van der Waals surface area contributed by atoms with Crippen LogP contribution in [-0.4, -0.2) is 9.55 Å². The van der Waals surface area contributed by atoms with E-state index in [1.54, 1.807) is 17.4 Å². The molecule has 1 aromatic carbocycles. The van der Waals surface area contributed by atoms with Crippen molar-refractivity contribution in [2.45, 2.75) is 20.4 Å². The Hall–Kier alpha value is -1.94. The number of hydrogen-bond donors (Lipinski definition) is 0. The molecule has 2 heterocycles. The number of thiazole rings is 1. The molecule has 0 saturated heterocycles. The molecule has 0 saturated carbocycles. The van der Waals surface area contributed by atoms with Gasteiger partial charge in [-0.25, -0.2) is 4.98 Å². The van der Waals surface area contributed by atoms with E-state index in [9.17, 15) is 4.79 Å². The van der Waals surface area contributed by atoms with Crippen LogP contribution in [0.15, 0.2) is 41.3 Å². The molecule has 0 atom stereocenters. The third kappa shape index (κ3) is 2.19. The first-order chi connectivity index (χ1) is 9.15. The first-order valence-electron chi connectivity index (χ1n) is 6.16. The summed E-state index contributed by atoms with van der Waals surface area (Å²) < 4.78 is 2.08. The van der Waals surface area contributed by atoms with Crippen molar-refractivity contribution >= 4 is 22.2 Å². The Morgan fingerprint density at radius 3 is 2.74 bits per heavy atom. The molecule has 3 nitrogen and oxygen atoms in total. The van der Waals surface area contributed by atoms with Crippen LogP contribution in [0, 0.1) is 13.8 Å². The zero-order valence-electron chi connectivity index (χ0n) is 10.9. The Labute approximate surface area is 115 Å². The second-order valence-corrected chi connectivity index (χ2v) is 5.86. The molecule has 3 aromatic rings. The highest BCUT2D eigenvalue weighted by Crippen LogP contribution is 2.19. The maximum Gasteiger partial charge on any atom is 0.189 e. The van der Waals surface area contributed by atoms with Crippen molar-refractivity contribution in [2.24, 2.45) is 0 Å². The zero-order chi connectivity index (χ0) is 13.4. The van der Waals surface area contributed by atoms with Crippen LogP contribution in [0.4, 0.5) is 0 Å². The van der Waals surface area contributed by atoms with Crippen molar-refractivity contribution < 1.29 is 0 Å². The van der Waals surface area contributed by atoms with E-state index in [1.807, 2.05) is 37.4 Å². The first kappa shape index (κ1) is 12.1. The van der Waals surface area contributed by atoms with Crippen molar-refractivity contribution in [2.75, 3.05) is 0 Å². The first-order valence-corrected chi connectivity index (χ1v) is 6.98. The second-order valence-electron chi connectivity index (χ2n) is 4.57. The third-order valence-electron chi connectivity index (χ3n) is 3.26. The number of rotatable bonds is 2. The molecule has 0 aliphatic rings. The maximum atomic E-state index is 11.8. The van der Waals surface area contributed by atoms with Crippen LogP contribution >= 0.6 is 11.3 Å². The fraction of sp³-hybridized carbons (Fsp3) is 0.200. The number of hydrogen-bond acceptors (Lipinski definition) is 3. The summed E-state index contributed by atoms with van der Waals surface area (Å²) in [4.78, 5) is 17.6. The molecule has 0 fully saturated rings. The van der Waals surface area contributed by atoms with Gasteiger partial charge in [0.25, 0.3) is 0 Å². The summed E-state index contributed by atoms with van der Waals surface area (Å²) in [6, 6.07) is 9.31. The molecule has 0 radical (unpaired) electrons. The van der Waals surface area contributed by atoms with Gasteiger partial charge in [0.05, 0.1) is 17.8 Å². The predicted molar refractivity (Wildman–Crippen MR) is 78.9 cm³/mol. The Balaban J connectivity index is 2.11. The molecule has 96 valence electrons. The molecular weight excluding hydrogens is 256 g/mol. The van der Waals surface area contributed by atoms with E-state index >= 15 is 0 Å². The molecule has 3 rings (SSSR count). The van der Waals surface area contributed by atoms with E-state index in [1.165, 1.54) is 4.88 Å². The molecule has 0 unspecified atom stereocenters. The van der Waals surface area contributed by atoms with Gasteiger partial charge in [0.2, 0.25) is 0 Å². The number of benzene rings is 1. The topological polar surface area (TPSA) is 34.9 Å². The molecule has 0 N–H and O–H groups in total. The number of nitrogens with zero attached hydrogens (tertiary/aromatic N) is 2. The average Bonchev–Trinajstić information content (AvgIpc) is 2.72. The highest BCUT2D eigenvalue weighted by atomic mass is 32.1. The van der Waals surface area contributed by atoms with Gasteiger partial charge >= 0.3 is 0 Å². The van der Waals surface area contributed by atoms with Crippen LogP contribution in [0.5, 0.6) is 0 Å². The SMILES string of the molecule is Cc1nc(Cn2ccc(=O)c3ccccc32)sc1C. The fourth-order valence-electron chi connectivity index (χ4n) is 2.15. The minimum atomic E-state index is 0.0679. The largest absolute Gasteiger partial charge is 0.340 e. The van der Waals surface area contributed by atoms with Crippen molar-refractivity contribution in [3.63, 3.8) is 0 Å². The lowest BCUT2D eigenvalue weighted by atomic mass is 10.2. The number of para-hydroxylation sites is 1. The Bertz CT molecular complexity index is 782. The minimum Gasteiger partial charge on any atom is -0.340 e. The van der Waals surface area contributed by atoms with Crippen LogP contribution < -0.4 is 5.43 Å². The Morgan fingerprint density at radius 2 is 2.00 bits per heavy atom. The summed E-state index contributed by atoms with van der Waals surface area (Å²) >= 11 is 1.71. The monoisotopic (exact) mass is 270 g/mol. The normalized spacial score (nSPS) is 11.1. The summed E-state index contributed by atoms with van der Waals surface area (Å²) in [6.07, 6.45) is 1.84. The fourth-order valence-corrected chi connectivity index (χ4v) is 3.08. The van der Waals surface area contributed by atoms with E-state index in [4.69, 9.17) is 0 Å². The standard InChI is InChI=1S/C15H14N2OS/c1-10-11(2)19-15(16-10)9-17-8-7-14(18)12-5-3-4-6-13(12)17/h3-8H,9H2,1-2H3. The van der Waals surface area contributed by atoms with Crippen LogP contribution in [0.2, 0.25) is 0 Å². The Kier molecular flexibility index (Phi) is 2.95. The molecule has 0 aliphatic heterocycles. The van der Waals surface area contributed by atoms with E-state index in [-0.39, 0.29) is 5.43 Å². The molecule has 2 aromatic heterocycles. The summed E-state index contributed by atoms with van der Waals surface area (Å²) in [5, 5.41) is 1.83. The van der Waals surface area contributed by atoms with Crippen LogP contribution in [-0.2, 0) is 6.54 Å². The van der Waals surface area contributed by atoms with Crippen LogP contribution in [0.3, 0.4) is 0 Å². The van der Waals surface area contributed by atoms with Gasteiger partial charge in [0.1, 0.15) is 5.01 Å². The lowest BCUT2D eigenvalue weighted by Gasteiger charge is -2.08. The van der Waals surface area contributed by atoms with Gasteiger partial charge in [0, 0.05) is 22.5 Å². The summed E-state index contributed by atoms with van der Waals surface area (Å²) in [7, 11) is 0.